The van der Waals surface area contributed by atoms with E-state index in [0.717, 1.165) is 25.5 Å². The maximum Gasteiger partial charge on any atom is 0.421 e. The van der Waals surface area contributed by atoms with Gasteiger partial charge in [-0.05, 0) is 52.4 Å². The fraction of sp³-hybridized carbons (Fsp3) is 0.548. The van der Waals surface area contributed by atoms with Crippen molar-refractivity contribution >= 4 is 17.4 Å². The van der Waals surface area contributed by atoms with Gasteiger partial charge in [0.15, 0.2) is 5.83 Å². The second kappa shape index (κ2) is 12.4. The molecular weight excluding hydrogens is 597 g/mol. The number of benzene rings is 1. The van der Waals surface area contributed by atoms with Gasteiger partial charge >= 0.3 is 12.2 Å². The Labute approximate surface area is 259 Å². The largest absolute Gasteiger partial charge is 0.463 e. The molecule has 45 heavy (non-hydrogen) atoms. The van der Waals surface area contributed by atoms with Crippen molar-refractivity contribution in [2.45, 2.75) is 51.0 Å². The maximum absolute atomic E-state index is 14.6. The number of hydrogen-bond acceptors (Lipinski definition) is 7. The molecule has 1 saturated heterocycles. The van der Waals surface area contributed by atoms with Crippen LogP contribution in [0.5, 0.6) is 6.01 Å². The van der Waals surface area contributed by atoms with E-state index in [1.165, 1.54) is 21.9 Å². The quantitative estimate of drug-likeness (QED) is 0.225. The molecule has 1 saturated carbocycles. The molecule has 2 atom stereocenters. The van der Waals surface area contributed by atoms with Crippen molar-refractivity contribution in [3.05, 3.63) is 64.7 Å². The first-order chi connectivity index (χ1) is 21.2. The van der Waals surface area contributed by atoms with Gasteiger partial charge in [0.2, 0.25) is 6.54 Å². The monoisotopic (exact) mass is 633 g/mol. The number of aromatic nitrogens is 2. The van der Waals surface area contributed by atoms with Crippen LogP contribution in [-0.2, 0) is 23.9 Å². The number of anilines is 2. The van der Waals surface area contributed by atoms with Crippen LogP contribution in [0.4, 0.5) is 33.5 Å². The lowest BCUT2D eigenvalue weighted by molar-refractivity contribution is -0.139. The van der Waals surface area contributed by atoms with E-state index in [0.29, 0.717) is 23.7 Å². The fourth-order valence-corrected chi connectivity index (χ4v) is 6.39. The van der Waals surface area contributed by atoms with E-state index >= 15 is 0 Å². The number of fused-ring (bicyclic) bond motifs is 1. The van der Waals surface area contributed by atoms with Gasteiger partial charge in [0.1, 0.15) is 23.2 Å². The SMILES string of the molecule is [C-]#[N+]C[C@H]1CN(c2nc(OCC3(CN(C)C)CC3)nc3c2CC(C)N(c2cccc(F)c2C(F)(F)F)C3)CCN1C(=O)C(=C)F. The number of carbonyl (C=O) groups excluding carboxylic acids is 1. The Kier molecular flexibility index (Phi) is 8.95. The maximum atomic E-state index is 14.6. The molecule has 0 radical (unpaired) electrons. The third-order valence-corrected chi connectivity index (χ3v) is 8.68. The van der Waals surface area contributed by atoms with Crippen molar-refractivity contribution in [1.29, 1.82) is 0 Å². The highest BCUT2D eigenvalue weighted by Gasteiger charge is 2.45. The minimum Gasteiger partial charge on any atom is -0.463 e. The van der Waals surface area contributed by atoms with Crippen LogP contribution in [0.2, 0.25) is 0 Å². The smallest absolute Gasteiger partial charge is 0.421 e. The predicted molar refractivity (Wildman–Crippen MR) is 158 cm³/mol. The first-order valence-electron chi connectivity index (χ1n) is 14.8. The highest BCUT2D eigenvalue weighted by molar-refractivity contribution is 5.91. The molecule has 2 aromatic rings. The van der Waals surface area contributed by atoms with Crippen molar-refractivity contribution in [1.82, 2.24) is 19.8 Å². The van der Waals surface area contributed by atoms with Crippen molar-refractivity contribution in [2.75, 3.05) is 63.2 Å². The molecule has 2 aliphatic heterocycles. The summed E-state index contributed by atoms with van der Waals surface area (Å²) in [6, 6.07) is 2.25. The molecule has 0 spiro atoms. The summed E-state index contributed by atoms with van der Waals surface area (Å²) in [5.41, 5.74) is -0.514. The van der Waals surface area contributed by atoms with Crippen LogP contribution in [0.25, 0.3) is 4.85 Å². The topological polar surface area (TPSA) is 69.4 Å². The number of rotatable bonds is 9. The zero-order chi connectivity index (χ0) is 32.7. The Hall–Kier alpha value is -3.99. The zero-order valence-corrected chi connectivity index (χ0v) is 25.5. The molecule has 3 aliphatic rings. The summed E-state index contributed by atoms with van der Waals surface area (Å²) < 4.78 is 76.5. The van der Waals surface area contributed by atoms with Gasteiger partial charge in [0.25, 0.3) is 5.91 Å². The molecule has 2 fully saturated rings. The van der Waals surface area contributed by atoms with E-state index in [4.69, 9.17) is 16.3 Å². The Morgan fingerprint density at radius 3 is 2.60 bits per heavy atom. The van der Waals surface area contributed by atoms with Crippen molar-refractivity contribution in [3.8, 4) is 6.01 Å². The van der Waals surface area contributed by atoms with Crippen LogP contribution in [-0.4, -0.2) is 91.2 Å². The van der Waals surface area contributed by atoms with Crippen molar-refractivity contribution in [2.24, 2.45) is 5.41 Å². The normalized spacial score (nSPS) is 20.9. The van der Waals surface area contributed by atoms with Crippen LogP contribution in [0.3, 0.4) is 0 Å². The molecule has 1 aliphatic carbocycles. The number of amides is 1. The number of alkyl halides is 3. The van der Waals surface area contributed by atoms with Gasteiger partial charge < -0.3 is 29.2 Å². The van der Waals surface area contributed by atoms with Crippen LogP contribution >= 0.6 is 0 Å². The van der Waals surface area contributed by atoms with E-state index < -0.39 is 41.4 Å². The third-order valence-electron chi connectivity index (χ3n) is 8.68. The molecule has 242 valence electrons. The van der Waals surface area contributed by atoms with E-state index in [1.54, 1.807) is 6.92 Å². The van der Waals surface area contributed by atoms with E-state index in [9.17, 15) is 26.7 Å². The standard InChI is InChI=1S/C31H36F5N7O2/c1-19-13-22-24(16-43(19)25-8-6-7-23(33)26(25)31(34,35)36)38-29(45-18-30(9-10-30)17-40(4)5)39-27(22)41-11-12-42(28(44)20(2)32)21(15-41)14-37-3/h6-8,19,21H,2,9-18H2,1,4-5H3/t19?,21-/m0/s1. The second-order valence-electron chi connectivity index (χ2n) is 12.4. The number of hydrogen-bond donors (Lipinski definition) is 0. The molecule has 1 amide bonds. The van der Waals surface area contributed by atoms with Crippen LogP contribution in [0.1, 0.15) is 36.6 Å². The molecule has 14 heteroatoms. The van der Waals surface area contributed by atoms with Gasteiger partial charge in [-0.15, -0.1) is 0 Å². The molecule has 1 aromatic carbocycles. The van der Waals surface area contributed by atoms with Crippen molar-refractivity contribution < 1.29 is 31.5 Å². The summed E-state index contributed by atoms with van der Waals surface area (Å²) in [4.78, 5) is 32.1. The average Bonchev–Trinajstić information content (AvgIpc) is 3.73. The minimum absolute atomic E-state index is 0.0475. The Morgan fingerprint density at radius 1 is 1.24 bits per heavy atom. The molecule has 0 bridgehead atoms. The van der Waals surface area contributed by atoms with Gasteiger partial charge in [0, 0.05) is 43.2 Å². The number of halogens is 5. The highest BCUT2D eigenvalue weighted by Crippen LogP contribution is 2.46. The summed E-state index contributed by atoms with van der Waals surface area (Å²) in [5, 5.41) is 0. The van der Waals surface area contributed by atoms with Gasteiger partial charge in [-0.25, -0.2) is 15.4 Å². The van der Waals surface area contributed by atoms with Crippen LogP contribution in [0, 0.1) is 17.8 Å². The third kappa shape index (κ3) is 6.83. The molecule has 1 aromatic heterocycles. The second-order valence-corrected chi connectivity index (χ2v) is 12.4. The number of ether oxygens (including phenoxy) is 1. The predicted octanol–water partition coefficient (Wildman–Crippen LogP) is 4.73. The summed E-state index contributed by atoms with van der Waals surface area (Å²) >= 11 is 0. The minimum atomic E-state index is -4.91. The Bertz CT molecular complexity index is 1500. The van der Waals surface area contributed by atoms with Gasteiger partial charge in [-0.2, -0.15) is 23.1 Å². The molecule has 0 N–H and O–H groups in total. The summed E-state index contributed by atoms with van der Waals surface area (Å²) in [6.07, 6.45) is -2.71. The van der Waals surface area contributed by atoms with Crippen LogP contribution < -0.4 is 14.5 Å². The Morgan fingerprint density at radius 2 is 1.98 bits per heavy atom. The number of piperazine rings is 1. The molecular formula is C31H36F5N7O2. The summed E-state index contributed by atoms with van der Waals surface area (Å²) in [6.45, 7) is 13.9. The Balaban J connectivity index is 1.52. The zero-order valence-electron chi connectivity index (χ0n) is 25.5. The van der Waals surface area contributed by atoms with E-state index in [1.807, 2.05) is 19.0 Å². The van der Waals surface area contributed by atoms with Gasteiger partial charge in [-0.3, -0.25) is 4.79 Å². The fourth-order valence-electron chi connectivity index (χ4n) is 6.39. The lowest BCUT2D eigenvalue weighted by atomic mass is 9.96. The van der Waals surface area contributed by atoms with Gasteiger partial charge in [0.05, 0.1) is 24.5 Å². The van der Waals surface area contributed by atoms with E-state index in [2.05, 4.69) is 21.3 Å². The highest BCUT2D eigenvalue weighted by atomic mass is 19.4. The average molecular weight is 634 g/mol. The number of nitrogens with zero attached hydrogens (tertiary/aromatic N) is 7. The van der Waals surface area contributed by atoms with E-state index in [-0.39, 0.29) is 56.3 Å². The number of carbonyl (C=O) groups is 1. The van der Waals surface area contributed by atoms with Gasteiger partial charge in [-0.1, -0.05) is 12.6 Å². The molecule has 5 rings (SSSR count). The molecule has 3 heterocycles. The first kappa shape index (κ1) is 32.4. The first-order valence-corrected chi connectivity index (χ1v) is 14.8. The van der Waals surface area contributed by atoms with Crippen LogP contribution in [0.15, 0.2) is 30.6 Å². The summed E-state index contributed by atoms with van der Waals surface area (Å²) in [7, 11) is 3.96. The lowest BCUT2D eigenvalue weighted by Gasteiger charge is -2.42. The molecule has 1 unspecified atom stereocenters. The lowest BCUT2D eigenvalue weighted by Crippen LogP contribution is -2.57. The summed E-state index contributed by atoms with van der Waals surface area (Å²) in [5.74, 6) is -2.83. The van der Waals surface area contributed by atoms with Crippen molar-refractivity contribution in [3.63, 3.8) is 0 Å². The molecule has 9 nitrogen and oxygen atoms in total.